The van der Waals surface area contributed by atoms with Gasteiger partial charge in [0.2, 0.25) is 0 Å². The molecule has 0 atom stereocenters. The fourth-order valence-electron chi connectivity index (χ4n) is 1.26. The Morgan fingerprint density at radius 1 is 1.40 bits per heavy atom. The molecule has 0 aliphatic rings. The predicted octanol–water partition coefficient (Wildman–Crippen LogP) is 3.18. The van der Waals surface area contributed by atoms with Gasteiger partial charge >= 0.3 is 0 Å². The summed E-state index contributed by atoms with van der Waals surface area (Å²) >= 11 is 0. The molecular formula is C13H17NO. The van der Waals surface area contributed by atoms with Crippen molar-refractivity contribution in [1.29, 1.82) is 0 Å². The number of hydrogen-bond donors (Lipinski definition) is 0. The third-order valence-corrected chi connectivity index (χ3v) is 2.12. The molecule has 0 aliphatic heterocycles. The van der Waals surface area contributed by atoms with E-state index in [0.717, 1.165) is 18.4 Å². The molecule has 1 rings (SSSR count). The van der Waals surface area contributed by atoms with Crippen molar-refractivity contribution in [3.8, 4) is 0 Å². The first kappa shape index (κ1) is 11.5. The van der Waals surface area contributed by atoms with Crippen molar-refractivity contribution in [1.82, 2.24) is 0 Å². The van der Waals surface area contributed by atoms with Gasteiger partial charge in [0, 0.05) is 6.42 Å². The zero-order chi connectivity index (χ0) is 10.9. The summed E-state index contributed by atoms with van der Waals surface area (Å²) in [6.45, 7) is 6.33. The van der Waals surface area contributed by atoms with E-state index in [0.29, 0.717) is 6.61 Å². The van der Waals surface area contributed by atoms with E-state index in [1.165, 1.54) is 5.56 Å². The summed E-state index contributed by atoms with van der Waals surface area (Å²) in [5.41, 5.74) is 2.41. The zero-order valence-corrected chi connectivity index (χ0v) is 9.15. The summed E-state index contributed by atoms with van der Waals surface area (Å²) in [5, 5.41) is 3.91. The van der Waals surface area contributed by atoms with Gasteiger partial charge in [-0.15, -0.1) is 6.58 Å². The van der Waals surface area contributed by atoms with Crippen LogP contribution in [-0.2, 0) is 11.3 Å². The highest BCUT2D eigenvalue weighted by Gasteiger charge is 1.95. The number of hydrogen-bond acceptors (Lipinski definition) is 2. The first-order chi connectivity index (χ1) is 7.38. The van der Waals surface area contributed by atoms with Crippen molar-refractivity contribution < 1.29 is 4.84 Å². The molecule has 0 spiro atoms. The Morgan fingerprint density at radius 3 is 2.93 bits per heavy atom. The van der Waals surface area contributed by atoms with Gasteiger partial charge in [-0.1, -0.05) is 42.4 Å². The maximum absolute atomic E-state index is 5.08. The second-order valence-corrected chi connectivity index (χ2v) is 3.20. The van der Waals surface area contributed by atoms with E-state index >= 15 is 0 Å². The van der Waals surface area contributed by atoms with Crippen LogP contribution in [0.2, 0.25) is 0 Å². The second kappa shape index (κ2) is 6.82. The van der Waals surface area contributed by atoms with Crippen LogP contribution in [0.1, 0.15) is 24.5 Å². The van der Waals surface area contributed by atoms with Gasteiger partial charge < -0.3 is 4.84 Å². The number of aryl methyl sites for hydroxylation is 1. The first-order valence-corrected chi connectivity index (χ1v) is 5.22. The van der Waals surface area contributed by atoms with E-state index in [2.05, 4.69) is 24.7 Å². The smallest absolute Gasteiger partial charge is 0.120 e. The molecule has 0 saturated carbocycles. The Labute approximate surface area is 91.3 Å². The SMILES string of the molecule is C=CCCON=Cc1ccccc1CC. The standard InChI is InChI=1S/C13H17NO/c1-3-5-10-15-14-11-13-9-7-6-8-12(13)4-2/h3,6-9,11H,1,4-5,10H2,2H3. The van der Waals surface area contributed by atoms with Crippen molar-refractivity contribution >= 4 is 6.21 Å². The maximum Gasteiger partial charge on any atom is 0.120 e. The molecule has 0 bridgehead atoms. The maximum atomic E-state index is 5.08. The number of rotatable bonds is 6. The number of benzene rings is 1. The summed E-state index contributed by atoms with van der Waals surface area (Å²) in [7, 11) is 0. The van der Waals surface area contributed by atoms with Gasteiger partial charge in [0.05, 0.1) is 6.21 Å². The number of oxime groups is 1. The normalized spacial score (nSPS) is 10.5. The molecule has 1 aromatic rings. The van der Waals surface area contributed by atoms with E-state index in [4.69, 9.17) is 4.84 Å². The Bertz CT molecular complexity index is 331. The van der Waals surface area contributed by atoms with Gasteiger partial charge in [0.25, 0.3) is 0 Å². The van der Waals surface area contributed by atoms with Crippen LogP contribution in [0.15, 0.2) is 42.1 Å². The van der Waals surface area contributed by atoms with Crippen LogP contribution in [0, 0.1) is 0 Å². The molecule has 2 nitrogen and oxygen atoms in total. The van der Waals surface area contributed by atoms with Crippen LogP contribution in [0.25, 0.3) is 0 Å². The van der Waals surface area contributed by atoms with Crippen LogP contribution in [0.3, 0.4) is 0 Å². The van der Waals surface area contributed by atoms with Crippen molar-refractivity contribution in [2.45, 2.75) is 19.8 Å². The molecule has 0 aromatic heterocycles. The van der Waals surface area contributed by atoms with Crippen molar-refractivity contribution in [2.24, 2.45) is 5.16 Å². The first-order valence-electron chi connectivity index (χ1n) is 5.22. The molecule has 0 aliphatic carbocycles. The van der Waals surface area contributed by atoms with Gasteiger partial charge in [-0.05, 0) is 17.5 Å². The molecule has 0 N–H and O–H groups in total. The Hall–Kier alpha value is -1.57. The third-order valence-electron chi connectivity index (χ3n) is 2.12. The van der Waals surface area contributed by atoms with Gasteiger partial charge in [-0.3, -0.25) is 0 Å². The summed E-state index contributed by atoms with van der Waals surface area (Å²) in [6.07, 6.45) is 5.42. The van der Waals surface area contributed by atoms with Crippen molar-refractivity contribution in [3.63, 3.8) is 0 Å². The second-order valence-electron chi connectivity index (χ2n) is 3.20. The molecular weight excluding hydrogens is 186 g/mol. The molecule has 0 saturated heterocycles. The van der Waals surface area contributed by atoms with Crippen LogP contribution >= 0.6 is 0 Å². The molecule has 0 radical (unpaired) electrons. The van der Waals surface area contributed by atoms with Gasteiger partial charge in [-0.2, -0.15) is 0 Å². The van der Waals surface area contributed by atoms with E-state index < -0.39 is 0 Å². The van der Waals surface area contributed by atoms with Gasteiger partial charge in [0.15, 0.2) is 0 Å². The van der Waals surface area contributed by atoms with Crippen LogP contribution in [0.4, 0.5) is 0 Å². The summed E-state index contributed by atoms with van der Waals surface area (Å²) in [6, 6.07) is 8.18. The lowest BCUT2D eigenvalue weighted by Gasteiger charge is -2.01. The Kier molecular flexibility index (Phi) is 5.23. The van der Waals surface area contributed by atoms with Crippen molar-refractivity contribution in [3.05, 3.63) is 48.0 Å². The Morgan fingerprint density at radius 2 is 2.20 bits per heavy atom. The van der Waals surface area contributed by atoms with E-state index in [1.807, 2.05) is 24.3 Å². The van der Waals surface area contributed by atoms with Crippen LogP contribution in [-0.4, -0.2) is 12.8 Å². The third kappa shape index (κ3) is 3.98. The zero-order valence-electron chi connectivity index (χ0n) is 9.15. The summed E-state index contributed by atoms with van der Waals surface area (Å²) in [5.74, 6) is 0. The highest BCUT2D eigenvalue weighted by Crippen LogP contribution is 2.06. The molecule has 80 valence electrons. The minimum Gasteiger partial charge on any atom is -0.395 e. The summed E-state index contributed by atoms with van der Waals surface area (Å²) < 4.78 is 0. The minimum absolute atomic E-state index is 0.592. The topological polar surface area (TPSA) is 21.6 Å². The average Bonchev–Trinajstić information content (AvgIpc) is 2.29. The van der Waals surface area contributed by atoms with E-state index in [9.17, 15) is 0 Å². The lowest BCUT2D eigenvalue weighted by molar-refractivity contribution is 0.151. The molecule has 1 aromatic carbocycles. The van der Waals surface area contributed by atoms with Crippen LogP contribution < -0.4 is 0 Å². The number of nitrogens with zero attached hydrogens (tertiary/aromatic N) is 1. The largest absolute Gasteiger partial charge is 0.395 e. The van der Waals surface area contributed by atoms with Gasteiger partial charge in [0.1, 0.15) is 6.61 Å². The average molecular weight is 203 g/mol. The lowest BCUT2D eigenvalue weighted by atomic mass is 10.1. The molecule has 0 fully saturated rings. The molecule has 0 unspecified atom stereocenters. The van der Waals surface area contributed by atoms with E-state index in [-0.39, 0.29) is 0 Å². The fraction of sp³-hybridized carbons (Fsp3) is 0.308. The highest BCUT2D eigenvalue weighted by molar-refractivity contribution is 5.81. The van der Waals surface area contributed by atoms with Gasteiger partial charge in [-0.25, -0.2) is 0 Å². The van der Waals surface area contributed by atoms with Crippen LogP contribution in [0.5, 0.6) is 0 Å². The monoisotopic (exact) mass is 203 g/mol. The molecule has 15 heavy (non-hydrogen) atoms. The molecule has 0 heterocycles. The molecule has 2 heteroatoms. The Balaban J connectivity index is 2.51. The molecule has 0 amide bonds. The fourth-order valence-corrected chi connectivity index (χ4v) is 1.26. The lowest BCUT2D eigenvalue weighted by Crippen LogP contribution is -1.92. The quantitative estimate of drug-likeness (QED) is 0.301. The van der Waals surface area contributed by atoms with E-state index in [1.54, 1.807) is 6.21 Å². The summed E-state index contributed by atoms with van der Waals surface area (Å²) in [4.78, 5) is 5.08. The highest BCUT2D eigenvalue weighted by atomic mass is 16.6. The minimum atomic E-state index is 0.592. The van der Waals surface area contributed by atoms with Crippen molar-refractivity contribution in [2.75, 3.05) is 6.61 Å². The predicted molar refractivity (Wildman–Crippen MR) is 64.2 cm³/mol.